The second-order valence-corrected chi connectivity index (χ2v) is 5.71. The quantitative estimate of drug-likeness (QED) is 0.816. The lowest BCUT2D eigenvalue weighted by atomic mass is 10.1. The minimum absolute atomic E-state index is 0.0500. The molecule has 0 fully saturated rings. The van der Waals surface area contributed by atoms with Gasteiger partial charge in [-0.15, -0.1) is 0 Å². The standard InChI is InChI=1S/C18H17ClFNO3/c1-24-18(23)16(10-12-2-6-14(19)7-3-12)21-17(22)11-13-4-8-15(20)9-5-13/h2-9,16H,10-11H2,1H3,(H,21,22)/t16-/m0/s1. The van der Waals surface area contributed by atoms with Gasteiger partial charge in [0.1, 0.15) is 11.9 Å². The Labute approximate surface area is 144 Å². The molecule has 1 atom stereocenters. The van der Waals surface area contributed by atoms with Crippen molar-refractivity contribution < 1.29 is 18.7 Å². The molecule has 126 valence electrons. The maximum absolute atomic E-state index is 12.9. The number of amides is 1. The third-order valence-electron chi connectivity index (χ3n) is 3.45. The predicted octanol–water partition coefficient (Wildman–Crippen LogP) is 2.92. The molecule has 2 aromatic rings. The SMILES string of the molecule is COC(=O)[C@H](Cc1ccc(Cl)cc1)NC(=O)Cc1ccc(F)cc1. The van der Waals surface area contributed by atoms with Crippen LogP contribution in [0.4, 0.5) is 4.39 Å². The highest BCUT2D eigenvalue weighted by Crippen LogP contribution is 2.12. The minimum atomic E-state index is -0.802. The van der Waals surface area contributed by atoms with Gasteiger partial charge >= 0.3 is 5.97 Å². The molecular formula is C18H17ClFNO3. The molecule has 24 heavy (non-hydrogen) atoms. The van der Waals surface area contributed by atoms with Crippen molar-refractivity contribution in [2.24, 2.45) is 0 Å². The Morgan fingerprint density at radius 2 is 1.67 bits per heavy atom. The van der Waals surface area contributed by atoms with E-state index >= 15 is 0 Å². The Hall–Kier alpha value is -2.40. The lowest BCUT2D eigenvalue weighted by Gasteiger charge is -2.17. The second-order valence-electron chi connectivity index (χ2n) is 5.28. The molecule has 0 radical (unpaired) electrons. The van der Waals surface area contributed by atoms with Crippen LogP contribution in [0, 0.1) is 5.82 Å². The Bertz CT molecular complexity index is 701. The summed E-state index contributed by atoms with van der Waals surface area (Å²) in [5, 5.41) is 3.25. The molecule has 2 rings (SSSR count). The molecule has 1 amide bonds. The van der Waals surface area contributed by atoms with Crippen LogP contribution >= 0.6 is 11.6 Å². The molecule has 2 aromatic carbocycles. The van der Waals surface area contributed by atoms with Crippen molar-refractivity contribution in [3.8, 4) is 0 Å². The molecule has 0 bridgehead atoms. The highest BCUT2D eigenvalue weighted by molar-refractivity contribution is 6.30. The monoisotopic (exact) mass is 349 g/mol. The van der Waals surface area contributed by atoms with E-state index in [9.17, 15) is 14.0 Å². The van der Waals surface area contributed by atoms with Crippen LogP contribution in [0.1, 0.15) is 11.1 Å². The van der Waals surface area contributed by atoms with Crippen molar-refractivity contribution in [2.45, 2.75) is 18.9 Å². The number of rotatable bonds is 6. The van der Waals surface area contributed by atoms with Crippen LogP contribution in [0.15, 0.2) is 48.5 Å². The van der Waals surface area contributed by atoms with E-state index in [1.807, 2.05) is 0 Å². The summed E-state index contributed by atoms with van der Waals surface area (Å²) in [5.74, 6) is -1.24. The van der Waals surface area contributed by atoms with Crippen LogP contribution in [0.25, 0.3) is 0 Å². The van der Waals surface area contributed by atoms with Crippen LogP contribution in [0.3, 0.4) is 0 Å². The molecular weight excluding hydrogens is 333 g/mol. The first-order chi connectivity index (χ1) is 11.5. The van der Waals surface area contributed by atoms with Crippen LogP contribution in [0.2, 0.25) is 5.02 Å². The molecule has 4 nitrogen and oxygen atoms in total. The number of ether oxygens (including phenoxy) is 1. The van der Waals surface area contributed by atoms with Crippen molar-refractivity contribution in [3.63, 3.8) is 0 Å². The molecule has 0 saturated heterocycles. The molecule has 1 N–H and O–H groups in total. The number of hydrogen-bond donors (Lipinski definition) is 1. The molecule has 0 saturated carbocycles. The number of esters is 1. The fourth-order valence-electron chi connectivity index (χ4n) is 2.22. The van der Waals surface area contributed by atoms with E-state index in [0.29, 0.717) is 17.0 Å². The van der Waals surface area contributed by atoms with E-state index in [2.05, 4.69) is 5.32 Å². The zero-order valence-electron chi connectivity index (χ0n) is 13.1. The molecule has 0 aliphatic rings. The Balaban J connectivity index is 2.02. The number of nitrogens with one attached hydrogen (secondary N) is 1. The summed E-state index contributed by atoms with van der Waals surface area (Å²) in [4.78, 5) is 24.0. The van der Waals surface area contributed by atoms with Gasteiger partial charge in [0.05, 0.1) is 13.5 Å². The van der Waals surface area contributed by atoms with Gasteiger partial charge in [-0.2, -0.15) is 0 Å². The van der Waals surface area contributed by atoms with Crippen LogP contribution in [0.5, 0.6) is 0 Å². The highest BCUT2D eigenvalue weighted by atomic mass is 35.5. The van der Waals surface area contributed by atoms with Crippen molar-refractivity contribution >= 4 is 23.5 Å². The summed E-state index contributed by atoms with van der Waals surface area (Å²) in [5.41, 5.74) is 1.50. The Morgan fingerprint density at radius 3 is 2.25 bits per heavy atom. The van der Waals surface area contributed by atoms with Gasteiger partial charge in [0.25, 0.3) is 0 Å². The van der Waals surface area contributed by atoms with E-state index in [0.717, 1.165) is 5.56 Å². The molecule has 0 aliphatic heterocycles. The first kappa shape index (κ1) is 17.9. The summed E-state index contributed by atoms with van der Waals surface area (Å²) >= 11 is 5.84. The number of carbonyl (C=O) groups excluding carboxylic acids is 2. The number of carbonyl (C=O) groups is 2. The van der Waals surface area contributed by atoms with Gasteiger partial charge in [-0.25, -0.2) is 9.18 Å². The molecule has 0 aromatic heterocycles. The van der Waals surface area contributed by atoms with Crippen LogP contribution < -0.4 is 5.32 Å². The number of hydrogen-bond acceptors (Lipinski definition) is 3. The lowest BCUT2D eigenvalue weighted by Crippen LogP contribution is -2.43. The van der Waals surface area contributed by atoms with Crippen LogP contribution in [-0.2, 0) is 27.2 Å². The fraction of sp³-hybridized carbons (Fsp3) is 0.222. The Kier molecular flexibility index (Phi) is 6.32. The number of halogens is 2. The molecule has 6 heteroatoms. The summed E-state index contributed by atoms with van der Waals surface area (Å²) in [6.07, 6.45) is 0.341. The van der Waals surface area contributed by atoms with Crippen molar-refractivity contribution in [1.82, 2.24) is 5.32 Å². The average Bonchev–Trinajstić information content (AvgIpc) is 2.57. The van der Waals surface area contributed by atoms with Gasteiger partial charge in [0.2, 0.25) is 5.91 Å². The second kappa shape index (κ2) is 8.45. The largest absolute Gasteiger partial charge is 0.467 e. The van der Waals surface area contributed by atoms with Crippen molar-refractivity contribution in [3.05, 3.63) is 70.5 Å². The van der Waals surface area contributed by atoms with E-state index in [-0.39, 0.29) is 18.1 Å². The van der Waals surface area contributed by atoms with Gasteiger partial charge in [-0.3, -0.25) is 4.79 Å². The highest BCUT2D eigenvalue weighted by Gasteiger charge is 2.22. The molecule has 0 unspecified atom stereocenters. The fourth-order valence-corrected chi connectivity index (χ4v) is 2.35. The first-order valence-electron chi connectivity index (χ1n) is 7.34. The third kappa shape index (κ3) is 5.35. The summed E-state index contributed by atoms with van der Waals surface area (Å²) in [7, 11) is 1.27. The maximum Gasteiger partial charge on any atom is 0.328 e. The smallest absolute Gasteiger partial charge is 0.328 e. The predicted molar refractivity (Wildman–Crippen MR) is 89.2 cm³/mol. The van der Waals surface area contributed by atoms with Gasteiger partial charge in [0.15, 0.2) is 0 Å². The van der Waals surface area contributed by atoms with Gasteiger partial charge < -0.3 is 10.1 Å². The van der Waals surface area contributed by atoms with Crippen LogP contribution in [-0.4, -0.2) is 25.0 Å². The average molecular weight is 350 g/mol. The molecule has 0 heterocycles. The molecule has 0 spiro atoms. The van der Waals surface area contributed by atoms with E-state index < -0.39 is 12.0 Å². The topological polar surface area (TPSA) is 55.4 Å². The van der Waals surface area contributed by atoms with Gasteiger partial charge in [-0.1, -0.05) is 35.9 Å². The van der Waals surface area contributed by atoms with Gasteiger partial charge in [0, 0.05) is 11.4 Å². The number of methoxy groups -OCH3 is 1. The first-order valence-corrected chi connectivity index (χ1v) is 7.72. The van der Waals surface area contributed by atoms with Crippen molar-refractivity contribution in [2.75, 3.05) is 7.11 Å². The maximum atomic E-state index is 12.9. The zero-order chi connectivity index (χ0) is 17.5. The normalized spacial score (nSPS) is 11.6. The van der Waals surface area contributed by atoms with E-state index in [1.165, 1.54) is 31.4 Å². The number of benzene rings is 2. The summed E-state index contributed by atoms with van der Waals surface area (Å²) < 4.78 is 17.6. The Morgan fingerprint density at radius 1 is 1.08 bits per heavy atom. The summed E-state index contributed by atoms with van der Waals surface area (Å²) in [6, 6.07) is 11.8. The van der Waals surface area contributed by atoms with E-state index in [1.54, 1.807) is 24.3 Å². The zero-order valence-corrected chi connectivity index (χ0v) is 13.8. The third-order valence-corrected chi connectivity index (χ3v) is 3.70. The minimum Gasteiger partial charge on any atom is -0.467 e. The summed E-state index contributed by atoms with van der Waals surface area (Å²) in [6.45, 7) is 0. The lowest BCUT2D eigenvalue weighted by molar-refractivity contribution is -0.145. The molecule has 0 aliphatic carbocycles. The van der Waals surface area contributed by atoms with Gasteiger partial charge in [-0.05, 0) is 35.4 Å². The van der Waals surface area contributed by atoms with E-state index in [4.69, 9.17) is 16.3 Å². The van der Waals surface area contributed by atoms with Crippen molar-refractivity contribution in [1.29, 1.82) is 0 Å².